The van der Waals surface area contributed by atoms with Crippen LogP contribution < -0.4 is 5.32 Å². The minimum Gasteiger partial charge on any atom is -0.296 e. The first-order valence-corrected chi connectivity index (χ1v) is 7.51. The van der Waals surface area contributed by atoms with Crippen molar-refractivity contribution >= 4 is 48.5 Å². The summed E-state index contributed by atoms with van der Waals surface area (Å²) in [6, 6.07) is 6.02. The van der Waals surface area contributed by atoms with Crippen molar-refractivity contribution in [3.63, 3.8) is 0 Å². The van der Waals surface area contributed by atoms with Gasteiger partial charge in [-0.25, -0.2) is 4.98 Å². The molecule has 0 radical (unpaired) electrons. The van der Waals surface area contributed by atoms with Gasteiger partial charge in [-0.15, -0.1) is 0 Å². The molecule has 0 aliphatic heterocycles. The third-order valence-corrected chi connectivity index (χ3v) is 4.39. The number of hydrogen-bond acceptors (Lipinski definition) is 4. The zero-order valence-electron chi connectivity index (χ0n) is 10.8. The average molecular weight is 351 g/mol. The summed E-state index contributed by atoms with van der Waals surface area (Å²) in [7, 11) is 1.72. The lowest BCUT2D eigenvalue weighted by Crippen LogP contribution is -2.16. The van der Waals surface area contributed by atoms with Gasteiger partial charge in [-0.05, 0) is 40.5 Å². The summed E-state index contributed by atoms with van der Waals surface area (Å²) in [6.07, 6.45) is 1.59. The van der Waals surface area contributed by atoms with E-state index in [9.17, 15) is 4.79 Å². The number of nitrogens with one attached hydrogen (secondary N) is 1. The van der Waals surface area contributed by atoms with Gasteiger partial charge in [0.25, 0.3) is 5.91 Å². The molecule has 1 amide bonds. The van der Waals surface area contributed by atoms with E-state index in [1.165, 1.54) is 21.6 Å². The SMILES string of the molecule is Cc1ccc2nc(NC(=O)c3c(Br)cnn3C)sc2c1. The van der Waals surface area contributed by atoms with E-state index in [0.717, 1.165) is 10.2 Å². The third kappa shape index (κ3) is 2.34. The van der Waals surface area contributed by atoms with Crippen LogP contribution in [-0.2, 0) is 7.05 Å². The van der Waals surface area contributed by atoms with Crippen LogP contribution >= 0.6 is 27.3 Å². The summed E-state index contributed by atoms with van der Waals surface area (Å²) in [5, 5.41) is 7.42. The van der Waals surface area contributed by atoms with Crippen molar-refractivity contribution in [2.24, 2.45) is 7.05 Å². The van der Waals surface area contributed by atoms with Crippen molar-refractivity contribution in [1.29, 1.82) is 0 Å². The standard InChI is InChI=1S/C13H11BrN4OS/c1-7-3-4-9-10(5-7)20-13(16-9)17-12(19)11-8(14)6-15-18(11)2/h3-6H,1-2H3,(H,16,17,19). The maximum absolute atomic E-state index is 12.2. The van der Waals surface area contributed by atoms with Gasteiger partial charge in [-0.3, -0.25) is 14.8 Å². The highest BCUT2D eigenvalue weighted by Crippen LogP contribution is 2.27. The molecule has 0 saturated heterocycles. The van der Waals surface area contributed by atoms with Crippen molar-refractivity contribution in [3.8, 4) is 0 Å². The highest BCUT2D eigenvalue weighted by atomic mass is 79.9. The third-order valence-electron chi connectivity index (χ3n) is 2.87. The van der Waals surface area contributed by atoms with Crippen LogP contribution in [0.2, 0.25) is 0 Å². The number of nitrogens with zero attached hydrogens (tertiary/aromatic N) is 3. The molecule has 2 aromatic heterocycles. The quantitative estimate of drug-likeness (QED) is 0.770. The van der Waals surface area contributed by atoms with Crippen molar-refractivity contribution in [1.82, 2.24) is 14.8 Å². The smallest absolute Gasteiger partial charge is 0.276 e. The summed E-state index contributed by atoms with van der Waals surface area (Å²) >= 11 is 4.77. The molecule has 1 aromatic carbocycles. The van der Waals surface area contributed by atoms with Crippen molar-refractivity contribution in [2.45, 2.75) is 6.92 Å². The molecule has 20 heavy (non-hydrogen) atoms. The van der Waals surface area contributed by atoms with Crippen LogP contribution in [0.4, 0.5) is 5.13 Å². The molecule has 0 aliphatic rings. The molecule has 5 nitrogen and oxygen atoms in total. The molecule has 3 rings (SSSR count). The molecular weight excluding hydrogens is 340 g/mol. The number of carbonyl (C=O) groups is 1. The van der Waals surface area contributed by atoms with Crippen LogP contribution in [0.1, 0.15) is 16.1 Å². The monoisotopic (exact) mass is 350 g/mol. The predicted octanol–water partition coefficient (Wildman–Crippen LogP) is 3.35. The Morgan fingerprint density at radius 2 is 2.25 bits per heavy atom. The fraction of sp³-hybridized carbons (Fsp3) is 0.154. The summed E-state index contributed by atoms with van der Waals surface area (Å²) in [5.74, 6) is -0.229. The van der Waals surface area contributed by atoms with Gasteiger partial charge in [-0.1, -0.05) is 17.4 Å². The maximum Gasteiger partial charge on any atom is 0.276 e. The molecule has 0 unspecified atom stereocenters. The summed E-state index contributed by atoms with van der Waals surface area (Å²) < 4.78 is 3.25. The Labute approximate surface area is 127 Å². The van der Waals surface area contributed by atoms with E-state index in [1.807, 2.05) is 19.1 Å². The molecular formula is C13H11BrN4OS. The van der Waals surface area contributed by atoms with E-state index in [-0.39, 0.29) is 5.91 Å². The van der Waals surface area contributed by atoms with Crippen LogP contribution in [0, 0.1) is 6.92 Å². The molecule has 2 heterocycles. The number of hydrogen-bond donors (Lipinski definition) is 1. The molecule has 0 saturated carbocycles. The number of carbonyl (C=O) groups excluding carboxylic acids is 1. The second-order valence-corrected chi connectivity index (χ2v) is 6.29. The van der Waals surface area contributed by atoms with Gasteiger partial charge in [-0.2, -0.15) is 5.10 Å². The Balaban J connectivity index is 1.91. The lowest BCUT2D eigenvalue weighted by molar-refractivity contribution is 0.101. The fourth-order valence-electron chi connectivity index (χ4n) is 1.91. The number of fused-ring (bicyclic) bond motifs is 1. The lowest BCUT2D eigenvalue weighted by atomic mass is 10.2. The Hall–Kier alpha value is -1.73. The molecule has 102 valence electrons. The van der Waals surface area contributed by atoms with Gasteiger partial charge in [0.15, 0.2) is 5.13 Å². The molecule has 0 bridgehead atoms. The number of thiazole rings is 1. The largest absolute Gasteiger partial charge is 0.296 e. The molecule has 0 aliphatic carbocycles. The Morgan fingerprint density at radius 1 is 1.45 bits per heavy atom. The van der Waals surface area contributed by atoms with E-state index < -0.39 is 0 Å². The minimum absolute atomic E-state index is 0.229. The highest BCUT2D eigenvalue weighted by Gasteiger charge is 2.17. The van der Waals surface area contributed by atoms with Gasteiger partial charge in [0.05, 0.1) is 20.9 Å². The molecule has 0 spiro atoms. The fourth-order valence-corrected chi connectivity index (χ4v) is 3.40. The minimum atomic E-state index is -0.229. The number of aromatic nitrogens is 3. The Morgan fingerprint density at radius 3 is 2.95 bits per heavy atom. The van der Waals surface area contributed by atoms with E-state index in [4.69, 9.17) is 0 Å². The van der Waals surface area contributed by atoms with Crippen LogP contribution in [0.3, 0.4) is 0 Å². The number of anilines is 1. The zero-order chi connectivity index (χ0) is 14.3. The van der Waals surface area contributed by atoms with E-state index in [1.54, 1.807) is 13.2 Å². The van der Waals surface area contributed by atoms with Crippen LogP contribution in [0.5, 0.6) is 0 Å². The van der Waals surface area contributed by atoms with Gasteiger partial charge in [0.1, 0.15) is 5.69 Å². The number of rotatable bonds is 2. The van der Waals surface area contributed by atoms with Crippen LogP contribution in [0.15, 0.2) is 28.9 Å². The van der Waals surface area contributed by atoms with Gasteiger partial charge in [0, 0.05) is 7.05 Å². The van der Waals surface area contributed by atoms with E-state index >= 15 is 0 Å². The van der Waals surface area contributed by atoms with Gasteiger partial charge in [0.2, 0.25) is 0 Å². The van der Waals surface area contributed by atoms with Crippen molar-refractivity contribution < 1.29 is 4.79 Å². The zero-order valence-corrected chi connectivity index (χ0v) is 13.2. The molecule has 0 fully saturated rings. The topological polar surface area (TPSA) is 59.8 Å². The predicted molar refractivity (Wildman–Crippen MR) is 83.2 cm³/mol. The van der Waals surface area contributed by atoms with Crippen molar-refractivity contribution in [2.75, 3.05) is 5.32 Å². The molecule has 0 atom stereocenters. The summed E-state index contributed by atoms with van der Waals surface area (Å²) in [6.45, 7) is 2.03. The number of benzene rings is 1. The lowest BCUT2D eigenvalue weighted by Gasteiger charge is -2.02. The Bertz CT molecular complexity index is 788. The first-order chi connectivity index (χ1) is 9.54. The normalized spacial score (nSPS) is 10.9. The maximum atomic E-state index is 12.2. The second-order valence-electron chi connectivity index (χ2n) is 4.41. The summed E-state index contributed by atoms with van der Waals surface area (Å²) in [4.78, 5) is 16.6. The first-order valence-electron chi connectivity index (χ1n) is 5.90. The number of aryl methyl sites for hydroxylation is 2. The summed E-state index contributed by atoms with van der Waals surface area (Å²) in [5.41, 5.74) is 2.54. The van der Waals surface area contributed by atoms with Crippen LogP contribution in [-0.4, -0.2) is 20.7 Å². The number of amides is 1. The highest BCUT2D eigenvalue weighted by molar-refractivity contribution is 9.10. The average Bonchev–Trinajstić information content (AvgIpc) is 2.92. The first kappa shape index (κ1) is 13.3. The van der Waals surface area contributed by atoms with E-state index in [2.05, 4.69) is 37.4 Å². The van der Waals surface area contributed by atoms with Crippen LogP contribution in [0.25, 0.3) is 10.2 Å². The molecule has 1 N–H and O–H groups in total. The molecule has 3 aromatic rings. The van der Waals surface area contributed by atoms with Gasteiger partial charge >= 0.3 is 0 Å². The number of halogens is 1. The Kier molecular flexibility index (Phi) is 3.31. The van der Waals surface area contributed by atoms with Gasteiger partial charge < -0.3 is 0 Å². The van der Waals surface area contributed by atoms with E-state index in [0.29, 0.717) is 15.3 Å². The molecule has 7 heteroatoms. The van der Waals surface area contributed by atoms with Crippen molar-refractivity contribution in [3.05, 3.63) is 40.1 Å². The second kappa shape index (κ2) is 4.99.